The molecule has 7 nitrogen and oxygen atoms in total. The summed E-state index contributed by atoms with van der Waals surface area (Å²) in [6.45, 7) is 5.37. The number of aromatic nitrogens is 3. The summed E-state index contributed by atoms with van der Waals surface area (Å²) in [4.78, 5) is 23.4. The van der Waals surface area contributed by atoms with Gasteiger partial charge in [-0.1, -0.05) is 0 Å². The minimum absolute atomic E-state index is 0.146. The summed E-state index contributed by atoms with van der Waals surface area (Å²) in [5.41, 5.74) is 1.79. The number of rotatable bonds is 3. The molecule has 0 N–H and O–H groups in total. The van der Waals surface area contributed by atoms with Crippen LogP contribution >= 0.6 is 0 Å². The molecule has 2 aliphatic heterocycles. The molecule has 2 aliphatic rings. The number of pyridine rings is 1. The number of piperazine rings is 1. The molecule has 2 fully saturated rings. The van der Waals surface area contributed by atoms with Gasteiger partial charge in [0.05, 0.1) is 5.69 Å². The van der Waals surface area contributed by atoms with Crippen molar-refractivity contribution in [3.05, 3.63) is 36.7 Å². The molecule has 0 spiro atoms. The Labute approximate surface area is 160 Å². The lowest BCUT2D eigenvalue weighted by molar-refractivity contribution is -0.137. The minimum atomic E-state index is 0.146. The molecule has 2 saturated heterocycles. The number of hydrogen-bond donors (Lipinski definition) is 0. The SMILES string of the molecule is CN1CCN(C(=O)C2CCN(c3ccc(-c4cccnc4)nn3)CC2)CC1. The Morgan fingerprint density at radius 2 is 1.78 bits per heavy atom. The fourth-order valence-corrected chi connectivity index (χ4v) is 3.80. The van der Waals surface area contributed by atoms with Gasteiger partial charge in [0.15, 0.2) is 5.82 Å². The lowest BCUT2D eigenvalue weighted by atomic mass is 9.95. The summed E-state index contributed by atoms with van der Waals surface area (Å²) in [6, 6.07) is 7.87. The number of anilines is 1. The number of carbonyl (C=O) groups excluding carboxylic acids is 1. The molecular weight excluding hydrogens is 340 g/mol. The van der Waals surface area contributed by atoms with Crippen LogP contribution in [0.15, 0.2) is 36.7 Å². The third-order valence-corrected chi connectivity index (χ3v) is 5.59. The van der Waals surface area contributed by atoms with Gasteiger partial charge in [-0.2, -0.15) is 0 Å². The quantitative estimate of drug-likeness (QED) is 0.821. The number of amides is 1. The molecule has 0 unspecified atom stereocenters. The largest absolute Gasteiger partial charge is 0.355 e. The maximum absolute atomic E-state index is 12.8. The zero-order valence-corrected chi connectivity index (χ0v) is 15.8. The normalized spacial score (nSPS) is 19.3. The zero-order chi connectivity index (χ0) is 18.6. The molecule has 1 amide bonds. The molecule has 4 heterocycles. The Morgan fingerprint density at radius 1 is 1.00 bits per heavy atom. The van der Waals surface area contributed by atoms with E-state index in [1.54, 1.807) is 12.4 Å². The molecule has 0 saturated carbocycles. The van der Waals surface area contributed by atoms with Crippen molar-refractivity contribution < 1.29 is 4.79 Å². The van der Waals surface area contributed by atoms with Crippen molar-refractivity contribution in [2.45, 2.75) is 12.8 Å². The summed E-state index contributed by atoms with van der Waals surface area (Å²) in [5, 5.41) is 8.74. The molecule has 0 aromatic carbocycles. The molecule has 142 valence electrons. The fraction of sp³-hybridized carbons (Fsp3) is 0.500. The van der Waals surface area contributed by atoms with Crippen LogP contribution in [0, 0.1) is 5.92 Å². The van der Waals surface area contributed by atoms with Crippen molar-refractivity contribution in [2.24, 2.45) is 5.92 Å². The van der Waals surface area contributed by atoms with Crippen LogP contribution in [-0.2, 0) is 4.79 Å². The van der Waals surface area contributed by atoms with Gasteiger partial charge in [-0.05, 0) is 44.2 Å². The molecule has 7 heteroatoms. The maximum atomic E-state index is 12.8. The van der Waals surface area contributed by atoms with Crippen LogP contribution in [0.4, 0.5) is 5.82 Å². The van der Waals surface area contributed by atoms with E-state index < -0.39 is 0 Å². The Hall–Kier alpha value is -2.54. The smallest absolute Gasteiger partial charge is 0.225 e. The van der Waals surface area contributed by atoms with Crippen molar-refractivity contribution in [1.82, 2.24) is 25.0 Å². The molecule has 2 aromatic rings. The molecule has 0 aliphatic carbocycles. The Bertz CT molecular complexity index is 750. The van der Waals surface area contributed by atoms with Crippen LogP contribution in [0.5, 0.6) is 0 Å². The van der Waals surface area contributed by atoms with Gasteiger partial charge in [0.1, 0.15) is 0 Å². The van der Waals surface area contributed by atoms with Crippen molar-refractivity contribution in [1.29, 1.82) is 0 Å². The van der Waals surface area contributed by atoms with Crippen LogP contribution in [-0.4, -0.2) is 77.2 Å². The zero-order valence-electron chi connectivity index (χ0n) is 15.8. The van der Waals surface area contributed by atoms with Gasteiger partial charge in [0.2, 0.25) is 5.91 Å². The maximum Gasteiger partial charge on any atom is 0.225 e. The van der Waals surface area contributed by atoms with Crippen LogP contribution < -0.4 is 4.90 Å². The highest BCUT2D eigenvalue weighted by molar-refractivity contribution is 5.79. The first-order chi connectivity index (χ1) is 13.2. The summed E-state index contributed by atoms with van der Waals surface area (Å²) in [7, 11) is 2.11. The van der Waals surface area contributed by atoms with Gasteiger partial charge in [-0.25, -0.2) is 0 Å². The number of likely N-dealkylation sites (N-methyl/N-ethyl adjacent to an activating group) is 1. The van der Waals surface area contributed by atoms with E-state index in [0.717, 1.165) is 69.2 Å². The summed E-state index contributed by atoms with van der Waals surface area (Å²) in [6.07, 6.45) is 5.31. The van der Waals surface area contributed by atoms with Gasteiger partial charge in [-0.15, -0.1) is 10.2 Å². The van der Waals surface area contributed by atoms with E-state index >= 15 is 0 Å². The summed E-state index contributed by atoms with van der Waals surface area (Å²) < 4.78 is 0. The molecule has 27 heavy (non-hydrogen) atoms. The highest BCUT2D eigenvalue weighted by Crippen LogP contribution is 2.24. The second kappa shape index (κ2) is 8.00. The molecule has 0 radical (unpaired) electrons. The molecule has 2 aromatic heterocycles. The van der Waals surface area contributed by atoms with Gasteiger partial charge >= 0.3 is 0 Å². The number of carbonyl (C=O) groups is 1. The number of nitrogens with zero attached hydrogens (tertiary/aromatic N) is 6. The summed E-state index contributed by atoms with van der Waals surface area (Å²) in [5.74, 6) is 1.36. The van der Waals surface area contributed by atoms with Gasteiger partial charge in [-0.3, -0.25) is 9.78 Å². The first kappa shape index (κ1) is 17.9. The topological polar surface area (TPSA) is 65.5 Å². The van der Waals surface area contributed by atoms with E-state index in [4.69, 9.17) is 0 Å². The lowest BCUT2D eigenvalue weighted by Gasteiger charge is -2.37. The van der Waals surface area contributed by atoms with Crippen LogP contribution in [0.3, 0.4) is 0 Å². The third kappa shape index (κ3) is 4.08. The van der Waals surface area contributed by atoms with Crippen molar-refractivity contribution in [3.8, 4) is 11.3 Å². The van der Waals surface area contributed by atoms with Crippen LogP contribution in [0.25, 0.3) is 11.3 Å². The third-order valence-electron chi connectivity index (χ3n) is 5.59. The molecular formula is C20H26N6O. The Kier molecular flexibility index (Phi) is 5.29. The summed E-state index contributed by atoms with van der Waals surface area (Å²) >= 11 is 0. The van der Waals surface area contributed by atoms with Gasteiger partial charge < -0.3 is 14.7 Å². The first-order valence-electron chi connectivity index (χ1n) is 9.67. The highest BCUT2D eigenvalue weighted by atomic mass is 16.2. The Balaban J connectivity index is 1.33. The van der Waals surface area contributed by atoms with Crippen molar-refractivity contribution in [3.63, 3.8) is 0 Å². The highest BCUT2D eigenvalue weighted by Gasteiger charge is 2.30. The van der Waals surface area contributed by atoms with E-state index in [2.05, 4.69) is 32.0 Å². The monoisotopic (exact) mass is 366 g/mol. The Morgan fingerprint density at radius 3 is 2.41 bits per heavy atom. The second-order valence-corrected chi connectivity index (χ2v) is 7.41. The lowest BCUT2D eigenvalue weighted by Crippen LogP contribution is -2.50. The van der Waals surface area contributed by atoms with E-state index in [0.29, 0.717) is 5.91 Å². The average Bonchev–Trinajstić information content (AvgIpc) is 2.75. The van der Waals surface area contributed by atoms with E-state index in [1.165, 1.54) is 0 Å². The number of piperidine rings is 1. The van der Waals surface area contributed by atoms with Crippen LogP contribution in [0.2, 0.25) is 0 Å². The predicted molar refractivity (Wildman–Crippen MR) is 104 cm³/mol. The fourth-order valence-electron chi connectivity index (χ4n) is 3.80. The minimum Gasteiger partial charge on any atom is -0.355 e. The molecule has 0 atom stereocenters. The first-order valence-corrected chi connectivity index (χ1v) is 9.67. The van der Waals surface area contributed by atoms with Gasteiger partial charge in [0.25, 0.3) is 0 Å². The average molecular weight is 366 g/mol. The van der Waals surface area contributed by atoms with Crippen molar-refractivity contribution in [2.75, 3.05) is 51.2 Å². The van der Waals surface area contributed by atoms with Gasteiger partial charge in [0, 0.05) is 63.1 Å². The number of hydrogen-bond acceptors (Lipinski definition) is 6. The second-order valence-electron chi connectivity index (χ2n) is 7.41. The van der Waals surface area contributed by atoms with Crippen molar-refractivity contribution >= 4 is 11.7 Å². The van der Waals surface area contributed by atoms with E-state index in [-0.39, 0.29) is 5.92 Å². The predicted octanol–water partition coefficient (Wildman–Crippen LogP) is 1.53. The molecule has 0 bridgehead atoms. The standard InChI is InChI=1S/C20H26N6O/c1-24-11-13-26(14-12-24)20(27)16-6-9-25(10-7-16)19-5-4-18(22-23-19)17-3-2-8-21-15-17/h2-5,8,15-16H,6-7,9-14H2,1H3. The van der Waals surface area contributed by atoms with E-state index in [1.807, 2.05) is 29.2 Å². The van der Waals surface area contributed by atoms with Crippen LogP contribution in [0.1, 0.15) is 12.8 Å². The van der Waals surface area contributed by atoms with E-state index in [9.17, 15) is 4.79 Å². The molecule has 4 rings (SSSR count).